The van der Waals surface area contributed by atoms with E-state index in [0.29, 0.717) is 24.1 Å². The first-order valence-electron chi connectivity index (χ1n) is 9.41. The zero-order valence-corrected chi connectivity index (χ0v) is 15.1. The first-order valence-corrected chi connectivity index (χ1v) is 9.41. The molecule has 2 saturated heterocycles. The monoisotopic (exact) mass is 345 g/mol. The molecule has 5 heteroatoms. The first-order chi connectivity index (χ1) is 12.1. The topological polar surface area (TPSA) is 55.4 Å². The van der Waals surface area contributed by atoms with Crippen LogP contribution in [-0.4, -0.2) is 55.7 Å². The van der Waals surface area contributed by atoms with E-state index < -0.39 is 0 Å². The van der Waals surface area contributed by atoms with E-state index in [4.69, 9.17) is 4.74 Å². The Hall–Kier alpha value is -1.88. The number of rotatable bonds is 5. The number of benzene rings is 1. The van der Waals surface area contributed by atoms with Gasteiger partial charge in [0.05, 0.1) is 32.8 Å². The van der Waals surface area contributed by atoms with Gasteiger partial charge in [-0.1, -0.05) is 18.2 Å². The Morgan fingerprint density at radius 1 is 1.12 bits per heavy atom. The van der Waals surface area contributed by atoms with Gasteiger partial charge in [-0.25, -0.2) is 0 Å². The summed E-state index contributed by atoms with van der Waals surface area (Å²) in [7, 11) is 2.36. The lowest BCUT2D eigenvalue weighted by molar-refractivity contribution is -0.947. The summed E-state index contributed by atoms with van der Waals surface area (Å²) in [6.45, 7) is 2.92. The number of fused-ring (bicyclic) bond motifs is 1. The van der Waals surface area contributed by atoms with Crippen molar-refractivity contribution in [1.82, 2.24) is 5.32 Å². The number of ether oxygens (including phenoxy) is 1. The molecule has 0 bridgehead atoms. The predicted octanol–water partition coefficient (Wildman–Crippen LogP) is 2.37. The van der Waals surface area contributed by atoms with Crippen LogP contribution in [0.4, 0.5) is 0 Å². The largest absolute Gasteiger partial charge is 0.464 e. The van der Waals surface area contributed by atoms with Gasteiger partial charge < -0.3 is 14.5 Å². The van der Waals surface area contributed by atoms with Crippen LogP contribution in [-0.2, 0) is 9.53 Å². The number of carbonyl (C=O) groups excluding carboxylic acids is 2. The van der Waals surface area contributed by atoms with Crippen molar-refractivity contribution in [2.24, 2.45) is 5.92 Å². The van der Waals surface area contributed by atoms with Gasteiger partial charge in [0.1, 0.15) is 6.54 Å². The molecule has 2 heterocycles. The normalized spacial score (nSPS) is 28.7. The minimum atomic E-state index is -0.347. The average Bonchev–Trinajstić information content (AvgIpc) is 2.64. The van der Waals surface area contributed by atoms with Crippen LogP contribution in [0.5, 0.6) is 0 Å². The molecule has 2 fully saturated rings. The Morgan fingerprint density at radius 3 is 2.68 bits per heavy atom. The Labute approximate surface area is 149 Å². The second-order valence-electron chi connectivity index (χ2n) is 7.62. The summed E-state index contributed by atoms with van der Waals surface area (Å²) in [5.41, 5.74) is 0.554. The van der Waals surface area contributed by atoms with Gasteiger partial charge in [-0.05, 0) is 37.8 Å². The summed E-state index contributed by atoms with van der Waals surface area (Å²) >= 11 is 0. The van der Waals surface area contributed by atoms with Gasteiger partial charge in [-0.3, -0.25) is 9.59 Å². The minimum absolute atomic E-state index is 0.0722. The molecule has 3 atom stereocenters. The molecule has 1 amide bonds. The highest BCUT2D eigenvalue weighted by Gasteiger charge is 2.43. The molecule has 25 heavy (non-hydrogen) atoms. The fraction of sp³-hybridized carbons (Fsp3) is 0.600. The molecule has 0 aromatic heterocycles. The van der Waals surface area contributed by atoms with Gasteiger partial charge in [-0.2, -0.15) is 0 Å². The van der Waals surface area contributed by atoms with Gasteiger partial charge in [0.15, 0.2) is 0 Å². The zero-order valence-electron chi connectivity index (χ0n) is 15.1. The van der Waals surface area contributed by atoms with Gasteiger partial charge in [0.2, 0.25) is 0 Å². The van der Waals surface area contributed by atoms with E-state index in [1.54, 1.807) is 24.3 Å². The lowest BCUT2D eigenvalue weighted by Gasteiger charge is -2.51. The summed E-state index contributed by atoms with van der Waals surface area (Å²) in [5, 5.41) is 2.63. The van der Waals surface area contributed by atoms with Crippen molar-refractivity contribution in [3.63, 3.8) is 0 Å². The maximum Gasteiger partial charge on any atom is 0.325 e. The summed E-state index contributed by atoms with van der Waals surface area (Å²) in [4.78, 5) is 24.0. The maximum atomic E-state index is 12.0. The molecule has 136 valence electrons. The van der Waals surface area contributed by atoms with Crippen molar-refractivity contribution in [3.05, 3.63) is 35.9 Å². The molecular formula is C20H29N2O3+. The van der Waals surface area contributed by atoms with Crippen molar-refractivity contribution in [2.75, 3.05) is 33.3 Å². The number of hydrogen-bond donors (Lipinski definition) is 1. The van der Waals surface area contributed by atoms with Crippen LogP contribution >= 0.6 is 0 Å². The van der Waals surface area contributed by atoms with E-state index in [1.165, 1.54) is 38.8 Å². The lowest BCUT2D eigenvalue weighted by atomic mass is 9.82. The van der Waals surface area contributed by atoms with Crippen molar-refractivity contribution in [2.45, 2.75) is 38.1 Å². The summed E-state index contributed by atoms with van der Waals surface area (Å²) in [6, 6.07) is 9.53. The third kappa shape index (κ3) is 4.40. The Morgan fingerprint density at radius 2 is 1.88 bits per heavy atom. The van der Waals surface area contributed by atoms with Crippen LogP contribution < -0.4 is 5.32 Å². The molecule has 0 unspecified atom stereocenters. The highest BCUT2D eigenvalue weighted by molar-refractivity contribution is 5.95. The molecule has 0 radical (unpaired) electrons. The van der Waals surface area contributed by atoms with Crippen molar-refractivity contribution < 1.29 is 18.8 Å². The lowest BCUT2D eigenvalue weighted by Crippen LogP contribution is -2.61. The van der Waals surface area contributed by atoms with Gasteiger partial charge in [0, 0.05) is 17.9 Å². The van der Waals surface area contributed by atoms with E-state index in [2.05, 4.69) is 12.4 Å². The van der Waals surface area contributed by atoms with Gasteiger partial charge in [0.25, 0.3) is 5.91 Å². The highest BCUT2D eigenvalue weighted by Crippen LogP contribution is 2.36. The molecule has 2 aliphatic rings. The fourth-order valence-electron chi connectivity index (χ4n) is 4.52. The van der Waals surface area contributed by atoms with Crippen molar-refractivity contribution >= 4 is 11.9 Å². The minimum Gasteiger partial charge on any atom is -0.464 e. The quantitative estimate of drug-likeness (QED) is 0.658. The second-order valence-corrected chi connectivity index (χ2v) is 7.62. The molecule has 3 rings (SSSR count). The Balaban J connectivity index is 1.45. The van der Waals surface area contributed by atoms with Crippen LogP contribution in [0.15, 0.2) is 30.3 Å². The van der Waals surface area contributed by atoms with Crippen LogP contribution in [0.1, 0.15) is 42.5 Å². The molecule has 1 N–H and O–H groups in total. The standard InChI is InChI=1S/C20H28N2O3/c1-22-12-6-5-11-18(22)17(10-7-13-22)15-25-19(23)14-21-20(24)16-8-3-2-4-9-16/h2-4,8-9,17-18H,5-7,10-15H2,1H3/p+1/t17-,18-,22+/m0/s1. The predicted molar refractivity (Wildman–Crippen MR) is 96.0 cm³/mol. The molecule has 0 aliphatic carbocycles. The molecule has 5 nitrogen and oxygen atoms in total. The second kappa shape index (κ2) is 8.00. The van der Waals surface area contributed by atoms with Gasteiger partial charge >= 0.3 is 5.97 Å². The van der Waals surface area contributed by atoms with Crippen LogP contribution in [0.3, 0.4) is 0 Å². The van der Waals surface area contributed by atoms with E-state index in [1.807, 2.05) is 6.07 Å². The third-order valence-corrected chi connectivity index (χ3v) is 5.90. The highest BCUT2D eigenvalue weighted by atomic mass is 16.5. The number of nitrogens with zero attached hydrogens (tertiary/aromatic N) is 1. The average molecular weight is 345 g/mol. The molecule has 2 aliphatic heterocycles. The van der Waals surface area contributed by atoms with Crippen molar-refractivity contribution in [1.29, 1.82) is 0 Å². The van der Waals surface area contributed by atoms with Crippen molar-refractivity contribution in [3.8, 4) is 0 Å². The molecule has 0 spiro atoms. The molecule has 0 saturated carbocycles. The molecular weight excluding hydrogens is 316 g/mol. The van der Waals surface area contributed by atoms with Crippen LogP contribution in [0.25, 0.3) is 0 Å². The smallest absolute Gasteiger partial charge is 0.325 e. The maximum absolute atomic E-state index is 12.0. The van der Waals surface area contributed by atoms with Gasteiger partial charge in [-0.15, -0.1) is 0 Å². The van der Waals surface area contributed by atoms with Crippen LogP contribution in [0, 0.1) is 5.92 Å². The van der Waals surface area contributed by atoms with E-state index in [0.717, 1.165) is 10.9 Å². The molecule has 1 aromatic carbocycles. The summed E-state index contributed by atoms with van der Waals surface area (Å²) in [5.74, 6) is -0.139. The number of carbonyl (C=O) groups is 2. The number of piperidine rings is 2. The Kier molecular flexibility index (Phi) is 5.74. The number of quaternary nitrogens is 1. The van der Waals surface area contributed by atoms with E-state index in [9.17, 15) is 9.59 Å². The summed E-state index contributed by atoms with van der Waals surface area (Å²) < 4.78 is 6.64. The SMILES string of the molecule is C[N@+]12CCCC[C@H]1[C@H](COC(=O)CNC(=O)c1ccccc1)CCC2. The van der Waals surface area contributed by atoms with E-state index in [-0.39, 0.29) is 18.4 Å². The molecule has 1 aromatic rings. The Bertz CT molecular complexity index is 600. The first kappa shape index (κ1) is 17.9. The van der Waals surface area contributed by atoms with Crippen LogP contribution in [0.2, 0.25) is 0 Å². The third-order valence-electron chi connectivity index (χ3n) is 5.90. The summed E-state index contributed by atoms with van der Waals surface area (Å²) in [6.07, 6.45) is 6.19. The number of amides is 1. The number of hydrogen-bond acceptors (Lipinski definition) is 3. The zero-order chi connectivity index (χ0) is 17.7. The van der Waals surface area contributed by atoms with E-state index >= 15 is 0 Å². The number of esters is 1. The fourth-order valence-corrected chi connectivity index (χ4v) is 4.52. The number of nitrogens with one attached hydrogen (secondary N) is 1.